The topological polar surface area (TPSA) is 118 Å². The van der Waals surface area contributed by atoms with Crippen LogP contribution in [0.3, 0.4) is 0 Å². The Balaban J connectivity index is 1.13. The number of anilines is 2. The number of fused-ring (bicyclic) bond motifs is 1. The molecular weight excluding hydrogens is 1010 g/mol. The highest BCUT2D eigenvalue weighted by atomic mass is 35.5. The number of nitrogens with zero attached hydrogens (tertiary/aromatic N) is 6. The maximum atomic E-state index is 18.1. The van der Waals surface area contributed by atoms with Gasteiger partial charge in [-0.3, -0.25) is 9.89 Å². The number of benzene rings is 4. The van der Waals surface area contributed by atoms with Crippen molar-refractivity contribution < 1.29 is 50.0 Å². The van der Waals surface area contributed by atoms with E-state index in [1.807, 2.05) is 61.5 Å². The third-order valence-electron chi connectivity index (χ3n) is 14.5. The van der Waals surface area contributed by atoms with E-state index in [1.54, 1.807) is 61.8 Å². The highest BCUT2D eigenvalue weighted by molar-refractivity contribution is 6.33. The minimum atomic E-state index is -5.24. The predicted octanol–water partition coefficient (Wildman–Crippen LogP) is 10.3. The molecule has 0 spiro atoms. The van der Waals surface area contributed by atoms with Crippen LogP contribution in [0.15, 0.2) is 108 Å². The van der Waals surface area contributed by atoms with Crippen LogP contribution in [-0.4, -0.2) is 79.2 Å². The zero-order valence-electron chi connectivity index (χ0n) is 42.3. The van der Waals surface area contributed by atoms with E-state index < -0.39 is 74.5 Å². The van der Waals surface area contributed by atoms with Crippen molar-refractivity contribution in [1.29, 1.82) is 0 Å². The molecule has 20 heteroatoms. The molecule has 0 saturated carbocycles. The van der Waals surface area contributed by atoms with Crippen molar-refractivity contribution in [2.45, 2.75) is 76.7 Å². The third kappa shape index (κ3) is 10.1. The highest BCUT2D eigenvalue weighted by Gasteiger charge is 2.50. The number of hydrogen-bond donors (Lipinski definition) is 2. The van der Waals surface area contributed by atoms with E-state index in [0.717, 1.165) is 24.5 Å². The van der Waals surface area contributed by atoms with Gasteiger partial charge < -0.3 is 44.1 Å². The summed E-state index contributed by atoms with van der Waals surface area (Å²) in [5.41, 5.74) is -1.62. The Bertz CT molecular complexity index is 3250. The molecule has 398 valence electrons. The summed E-state index contributed by atoms with van der Waals surface area (Å²) in [6.45, 7) is 4.30. The Morgan fingerprint density at radius 1 is 0.908 bits per heavy atom. The van der Waals surface area contributed by atoms with Crippen molar-refractivity contribution in [1.82, 2.24) is 25.1 Å². The number of alkyl halides is 4. The quantitative estimate of drug-likeness (QED) is 0.0847. The first-order valence-electron chi connectivity index (χ1n) is 24.7. The largest absolute Gasteiger partial charge is 0.497 e. The number of methoxy groups -OCH3 is 3. The van der Waals surface area contributed by atoms with E-state index in [-0.39, 0.29) is 55.1 Å². The van der Waals surface area contributed by atoms with E-state index in [0.29, 0.717) is 60.2 Å². The molecule has 2 aromatic heterocycles. The van der Waals surface area contributed by atoms with E-state index in [4.69, 9.17) is 40.3 Å². The van der Waals surface area contributed by atoms with Crippen molar-refractivity contribution in [3.63, 3.8) is 0 Å². The number of halogens is 7. The maximum absolute atomic E-state index is 18.1. The monoisotopic (exact) mass is 1070 g/mol. The normalized spacial score (nSPS) is 18.3. The fourth-order valence-electron chi connectivity index (χ4n) is 10.7. The lowest BCUT2D eigenvalue weighted by atomic mass is 9.95. The average Bonchev–Trinajstić information content (AvgIpc) is 3.92. The molecule has 4 aromatic carbocycles. The van der Waals surface area contributed by atoms with Crippen LogP contribution in [0.2, 0.25) is 5.02 Å². The molecule has 2 saturated heterocycles. The smallest absolute Gasteiger partial charge is 0.418 e. The molecule has 0 radical (unpaired) electrons. The molecule has 4 aliphatic rings. The molecule has 2 N–H and O–H groups in total. The lowest BCUT2D eigenvalue weighted by molar-refractivity contribution is -0.137. The van der Waals surface area contributed by atoms with Crippen LogP contribution in [0.25, 0.3) is 17.1 Å². The van der Waals surface area contributed by atoms with Crippen molar-refractivity contribution in [2.24, 2.45) is 4.99 Å². The van der Waals surface area contributed by atoms with Gasteiger partial charge in [0.05, 0.1) is 71.5 Å². The van der Waals surface area contributed by atoms with Crippen LogP contribution in [0.4, 0.5) is 38.0 Å². The second-order valence-electron chi connectivity index (χ2n) is 19.2. The molecule has 0 amide bonds. The van der Waals surface area contributed by atoms with Gasteiger partial charge in [0.2, 0.25) is 0 Å². The highest BCUT2D eigenvalue weighted by Crippen LogP contribution is 2.46. The summed E-state index contributed by atoms with van der Waals surface area (Å²) in [4.78, 5) is 19.7. The van der Waals surface area contributed by atoms with Gasteiger partial charge in [0.25, 0.3) is 0 Å². The van der Waals surface area contributed by atoms with Crippen LogP contribution in [0.1, 0.15) is 65.6 Å². The fourth-order valence-corrected chi connectivity index (χ4v) is 11.0. The van der Waals surface area contributed by atoms with Crippen LogP contribution in [-0.2, 0) is 30.5 Å². The molecule has 1 unspecified atom stereocenters. The van der Waals surface area contributed by atoms with Crippen LogP contribution < -0.4 is 45.1 Å². The van der Waals surface area contributed by atoms with Crippen LogP contribution >= 0.6 is 11.6 Å². The summed E-state index contributed by atoms with van der Waals surface area (Å²) in [5.74, 6) is -1.24. The molecular formula is C56H55ClF6N8O5. The van der Waals surface area contributed by atoms with Crippen LogP contribution in [0.5, 0.6) is 23.0 Å². The first-order valence-corrected chi connectivity index (χ1v) is 25.1. The van der Waals surface area contributed by atoms with Crippen molar-refractivity contribution in [2.75, 3.05) is 57.9 Å². The van der Waals surface area contributed by atoms with Crippen molar-refractivity contribution in [3.8, 4) is 34.3 Å². The number of rotatable bonds is 17. The fraction of sp³-hybridized carbons (Fsp3) is 0.339. The number of pyridine rings is 2. The standard InChI is InChI=1S/C56H55ClF6N8O5/c1-32-45(56(61,62)63)49(68-52(47(32)59)65-25-34-9-15-38(72-3)16-10-34)43-46(57)50-44-51(48(43)60)76-42(75-30-55-21-7-23-70(55)28-37(58)24-55)29-71(54(44)67-31-66-50)33(2)41-8-6-22-64-53(41)69(26-35-11-17-39(73-4)18-12-35)27-36-13-19-40(74-5)20-14-36/h6,8-20,22,29,33,37,67H,7,21,23-28,30-31H2,1-5H3,(H,65,68)/t33?,37-,55+/m1/s1. The van der Waals surface area contributed by atoms with E-state index >= 15 is 26.3 Å². The van der Waals surface area contributed by atoms with E-state index in [9.17, 15) is 0 Å². The second kappa shape index (κ2) is 21.3. The molecule has 0 bridgehead atoms. The first kappa shape index (κ1) is 52.1. The number of ether oxygens (including phenoxy) is 5. The summed E-state index contributed by atoms with van der Waals surface area (Å²) in [5, 5.41) is 5.42. The van der Waals surface area contributed by atoms with Gasteiger partial charge in [-0.1, -0.05) is 54.1 Å². The minimum Gasteiger partial charge on any atom is -0.497 e. The van der Waals surface area contributed by atoms with Gasteiger partial charge in [-0.25, -0.2) is 23.1 Å². The van der Waals surface area contributed by atoms with Crippen molar-refractivity contribution in [3.05, 3.63) is 164 Å². The summed E-state index contributed by atoms with van der Waals surface area (Å²) < 4.78 is 125. The van der Waals surface area contributed by atoms with Gasteiger partial charge in [0.15, 0.2) is 23.2 Å². The zero-order chi connectivity index (χ0) is 53.5. The maximum Gasteiger partial charge on any atom is 0.418 e. The first-order chi connectivity index (χ1) is 36.6. The Morgan fingerprint density at radius 3 is 2.16 bits per heavy atom. The summed E-state index contributed by atoms with van der Waals surface area (Å²) in [6.07, 6.45) is -1.45. The molecule has 0 aliphatic carbocycles. The molecule has 3 atom stereocenters. The van der Waals surface area contributed by atoms with Gasteiger partial charge in [-0.15, -0.1) is 0 Å². The Labute approximate surface area is 440 Å². The molecule has 6 heterocycles. The number of aromatic nitrogens is 2. The number of hydrogen-bond acceptors (Lipinski definition) is 13. The molecule has 13 nitrogen and oxygen atoms in total. The second-order valence-corrected chi connectivity index (χ2v) is 19.6. The van der Waals surface area contributed by atoms with E-state index in [2.05, 4.69) is 30.4 Å². The van der Waals surface area contributed by atoms with Gasteiger partial charge >= 0.3 is 12.1 Å². The molecule has 6 aromatic rings. The van der Waals surface area contributed by atoms with Crippen molar-refractivity contribution >= 4 is 29.1 Å². The molecule has 10 rings (SSSR count). The Morgan fingerprint density at radius 2 is 1.54 bits per heavy atom. The van der Waals surface area contributed by atoms with Gasteiger partial charge in [-0.05, 0) is 92.4 Å². The van der Waals surface area contributed by atoms with E-state index in [1.165, 1.54) is 7.11 Å². The van der Waals surface area contributed by atoms with Gasteiger partial charge in [-0.2, -0.15) is 13.2 Å². The Kier molecular flexibility index (Phi) is 14.6. The SMILES string of the molecule is COc1ccc(CNc2nc(-c3c(F)c4c5c(c3Cl)=NCNC=5N(C(C)c3cccnc3N(Cc3ccc(OC)cc3)Cc3ccc(OC)cc3)C=C(OC[C@@]35CCCN3C[C@H](F)C5)O4)c(C(F)(F)F)c(C)c2F)cc1. The minimum absolute atomic E-state index is 0.0199. The lowest BCUT2D eigenvalue weighted by Crippen LogP contribution is -2.45. The summed E-state index contributed by atoms with van der Waals surface area (Å²) in [7, 11) is 4.70. The summed E-state index contributed by atoms with van der Waals surface area (Å²) >= 11 is 7.16. The zero-order valence-corrected chi connectivity index (χ0v) is 43.1. The van der Waals surface area contributed by atoms with Crippen LogP contribution in [0, 0.1) is 18.6 Å². The average molecular weight is 1070 g/mol. The number of nitrogens with one attached hydrogen (secondary N) is 2. The summed E-state index contributed by atoms with van der Waals surface area (Å²) in [6, 6.07) is 25.2. The predicted molar refractivity (Wildman–Crippen MR) is 275 cm³/mol. The molecule has 4 aliphatic heterocycles. The van der Waals surface area contributed by atoms with Gasteiger partial charge in [0, 0.05) is 49.9 Å². The lowest BCUT2D eigenvalue weighted by Gasteiger charge is -2.34. The molecule has 2 fully saturated rings. The molecule has 76 heavy (non-hydrogen) atoms. The van der Waals surface area contributed by atoms with Gasteiger partial charge in [0.1, 0.15) is 48.3 Å². The third-order valence-corrected chi connectivity index (χ3v) is 14.9. The Hall–Kier alpha value is -7.38.